The molecule has 2 rings (SSSR count). The van der Waals surface area contributed by atoms with Crippen molar-refractivity contribution in [1.29, 1.82) is 0 Å². The summed E-state index contributed by atoms with van der Waals surface area (Å²) in [5, 5.41) is 0. The standard InChI is InChI=1S/C15H26N2O/c1-3-17(11-14-8-5-9-18-14)15(2,12-16)10-13-6-4-7-13/h5,8-9,13H,3-4,6-7,10-12,16H2,1-2H3. The summed E-state index contributed by atoms with van der Waals surface area (Å²) in [6.07, 6.45) is 7.13. The molecule has 0 radical (unpaired) electrons. The zero-order valence-corrected chi connectivity index (χ0v) is 11.7. The van der Waals surface area contributed by atoms with Crippen molar-refractivity contribution < 1.29 is 4.42 Å². The van der Waals surface area contributed by atoms with Crippen LogP contribution in [-0.2, 0) is 6.54 Å². The van der Waals surface area contributed by atoms with E-state index in [4.69, 9.17) is 10.2 Å². The van der Waals surface area contributed by atoms with Crippen LogP contribution in [0, 0.1) is 5.92 Å². The molecule has 0 amide bonds. The smallest absolute Gasteiger partial charge is 0.117 e. The number of furan rings is 1. The molecule has 1 fully saturated rings. The van der Waals surface area contributed by atoms with Gasteiger partial charge in [-0.2, -0.15) is 0 Å². The molecule has 1 unspecified atom stereocenters. The van der Waals surface area contributed by atoms with Gasteiger partial charge in [-0.05, 0) is 37.9 Å². The molecule has 1 aliphatic carbocycles. The van der Waals surface area contributed by atoms with Crippen molar-refractivity contribution in [3.8, 4) is 0 Å². The first-order valence-corrected chi connectivity index (χ1v) is 7.15. The molecule has 0 aromatic carbocycles. The average Bonchev–Trinajstić information content (AvgIpc) is 2.83. The predicted molar refractivity (Wildman–Crippen MR) is 74.2 cm³/mol. The second-order valence-corrected chi connectivity index (χ2v) is 5.80. The molecule has 0 aliphatic heterocycles. The second-order valence-electron chi connectivity index (χ2n) is 5.80. The van der Waals surface area contributed by atoms with E-state index in [1.807, 2.05) is 12.1 Å². The number of rotatable bonds is 7. The molecular formula is C15H26N2O. The molecule has 0 saturated heterocycles. The lowest BCUT2D eigenvalue weighted by molar-refractivity contribution is 0.0600. The lowest BCUT2D eigenvalue weighted by Crippen LogP contribution is -2.52. The number of likely N-dealkylation sites (N-methyl/N-ethyl adjacent to an activating group) is 1. The largest absolute Gasteiger partial charge is 0.468 e. The molecule has 1 aromatic heterocycles. The Morgan fingerprint density at radius 3 is 2.72 bits per heavy atom. The van der Waals surface area contributed by atoms with Gasteiger partial charge in [-0.1, -0.05) is 26.2 Å². The highest BCUT2D eigenvalue weighted by molar-refractivity contribution is 5.00. The Balaban J connectivity index is 2.01. The van der Waals surface area contributed by atoms with Gasteiger partial charge in [0.05, 0.1) is 12.8 Å². The predicted octanol–water partition coefficient (Wildman–Crippen LogP) is 3.01. The Hall–Kier alpha value is -0.800. The minimum atomic E-state index is 0.104. The van der Waals surface area contributed by atoms with Crippen molar-refractivity contribution in [2.75, 3.05) is 13.1 Å². The Morgan fingerprint density at radius 1 is 1.50 bits per heavy atom. The summed E-state index contributed by atoms with van der Waals surface area (Å²) in [6.45, 7) is 7.11. The fourth-order valence-electron chi connectivity index (χ4n) is 2.94. The highest BCUT2D eigenvalue weighted by Crippen LogP contribution is 2.36. The number of hydrogen-bond acceptors (Lipinski definition) is 3. The van der Waals surface area contributed by atoms with E-state index in [2.05, 4.69) is 18.7 Å². The molecule has 0 spiro atoms. The summed E-state index contributed by atoms with van der Waals surface area (Å²) < 4.78 is 5.47. The van der Waals surface area contributed by atoms with Gasteiger partial charge in [0.1, 0.15) is 5.76 Å². The summed E-state index contributed by atoms with van der Waals surface area (Å²) in [6, 6.07) is 4.00. The third-order valence-corrected chi connectivity index (χ3v) is 4.46. The molecule has 18 heavy (non-hydrogen) atoms. The van der Waals surface area contributed by atoms with Gasteiger partial charge < -0.3 is 10.2 Å². The zero-order valence-electron chi connectivity index (χ0n) is 11.7. The lowest BCUT2D eigenvalue weighted by Gasteiger charge is -2.44. The summed E-state index contributed by atoms with van der Waals surface area (Å²) >= 11 is 0. The Kier molecular flexibility index (Phi) is 4.46. The van der Waals surface area contributed by atoms with Crippen molar-refractivity contribution in [3.05, 3.63) is 24.2 Å². The van der Waals surface area contributed by atoms with Crippen LogP contribution in [0.4, 0.5) is 0 Å². The topological polar surface area (TPSA) is 42.4 Å². The quantitative estimate of drug-likeness (QED) is 0.809. The van der Waals surface area contributed by atoms with Crippen molar-refractivity contribution in [3.63, 3.8) is 0 Å². The fraction of sp³-hybridized carbons (Fsp3) is 0.733. The SMILES string of the molecule is CCN(Cc1ccco1)C(C)(CN)CC1CCC1. The third kappa shape index (κ3) is 2.96. The zero-order chi connectivity index (χ0) is 13.0. The summed E-state index contributed by atoms with van der Waals surface area (Å²) in [5.41, 5.74) is 6.17. The van der Waals surface area contributed by atoms with Crippen LogP contribution in [0.2, 0.25) is 0 Å². The van der Waals surface area contributed by atoms with Crippen molar-refractivity contribution in [2.24, 2.45) is 11.7 Å². The van der Waals surface area contributed by atoms with Crippen molar-refractivity contribution >= 4 is 0 Å². The van der Waals surface area contributed by atoms with Crippen LogP contribution >= 0.6 is 0 Å². The summed E-state index contributed by atoms with van der Waals surface area (Å²) in [7, 11) is 0. The highest BCUT2D eigenvalue weighted by atomic mass is 16.3. The molecule has 102 valence electrons. The van der Waals surface area contributed by atoms with Crippen LogP contribution < -0.4 is 5.73 Å². The molecule has 3 nitrogen and oxygen atoms in total. The highest BCUT2D eigenvalue weighted by Gasteiger charge is 2.34. The van der Waals surface area contributed by atoms with Crippen LogP contribution in [0.15, 0.2) is 22.8 Å². The van der Waals surface area contributed by atoms with E-state index < -0.39 is 0 Å². The van der Waals surface area contributed by atoms with E-state index in [0.717, 1.165) is 31.3 Å². The van der Waals surface area contributed by atoms with Crippen LogP contribution in [0.1, 0.15) is 45.3 Å². The van der Waals surface area contributed by atoms with E-state index in [-0.39, 0.29) is 5.54 Å². The normalized spacial score (nSPS) is 19.8. The molecular weight excluding hydrogens is 224 g/mol. The van der Waals surface area contributed by atoms with Gasteiger partial charge in [-0.3, -0.25) is 4.90 Å². The number of nitrogens with two attached hydrogens (primary N) is 1. The number of nitrogens with zero attached hydrogens (tertiary/aromatic N) is 1. The fourth-order valence-corrected chi connectivity index (χ4v) is 2.94. The van der Waals surface area contributed by atoms with Gasteiger partial charge in [0.15, 0.2) is 0 Å². The van der Waals surface area contributed by atoms with E-state index in [9.17, 15) is 0 Å². The molecule has 2 N–H and O–H groups in total. The Morgan fingerprint density at radius 2 is 2.28 bits per heavy atom. The van der Waals surface area contributed by atoms with Gasteiger partial charge in [0.25, 0.3) is 0 Å². The molecule has 3 heteroatoms. The monoisotopic (exact) mass is 250 g/mol. The summed E-state index contributed by atoms with van der Waals surface area (Å²) in [5.74, 6) is 1.91. The van der Waals surface area contributed by atoms with E-state index in [1.165, 1.54) is 25.7 Å². The second kappa shape index (κ2) is 5.89. The Bertz CT molecular complexity index is 345. The van der Waals surface area contributed by atoms with Crippen molar-refractivity contribution in [1.82, 2.24) is 4.90 Å². The molecule has 1 aliphatic rings. The van der Waals surface area contributed by atoms with Gasteiger partial charge in [0.2, 0.25) is 0 Å². The molecule has 1 aromatic rings. The summed E-state index contributed by atoms with van der Waals surface area (Å²) in [4.78, 5) is 2.46. The molecule has 1 saturated carbocycles. The minimum Gasteiger partial charge on any atom is -0.468 e. The van der Waals surface area contributed by atoms with Crippen LogP contribution in [-0.4, -0.2) is 23.5 Å². The average molecular weight is 250 g/mol. The van der Waals surface area contributed by atoms with Gasteiger partial charge in [-0.25, -0.2) is 0 Å². The maximum Gasteiger partial charge on any atom is 0.117 e. The van der Waals surface area contributed by atoms with Gasteiger partial charge in [-0.15, -0.1) is 0 Å². The maximum absolute atomic E-state index is 6.07. The van der Waals surface area contributed by atoms with Crippen LogP contribution in [0.25, 0.3) is 0 Å². The van der Waals surface area contributed by atoms with Gasteiger partial charge >= 0.3 is 0 Å². The first kappa shape index (κ1) is 13.6. The minimum absolute atomic E-state index is 0.104. The maximum atomic E-state index is 6.07. The molecule has 1 atom stereocenters. The van der Waals surface area contributed by atoms with Crippen LogP contribution in [0.5, 0.6) is 0 Å². The third-order valence-electron chi connectivity index (χ3n) is 4.46. The van der Waals surface area contributed by atoms with E-state index in [1.54, 1.807) is 6.26 Å². The molecule has 0 bridgehead atoms. The van der Waals surface area contributed by atoms with Gasteiger partial charge in [0, 0.05) is 12.1 Å². The first-order valence-electron chi connectivity index (χ1n) is 7.15. The number of hydrogen-bond donors (Lipinski definition) is 1. The van der Waals surface area contributed by atoms with E-state index in [0.29, 0.717) is 0 Å². The van der Waals surface area contributed by atoms with Crippen LogP contribution in [0.3, 0.4) is 0 Å². The lowest BCUT2D eigenvalue weighted by atomic mass is 9.76. The first-order chi connectivity index (χ1) is 8.68. The van der Waals surface area contributed by atoms with Crippen molar-refractivity contribution in [2.45, 2.75) is 51.6 Å². The Labute approximate surface area is 110 Å². The van der Waals surface area contributed by atoms with E-state index >= 15 is 0 Å². The molecule has 1 heterocycles.